The third-order valence-corrected chi connectivity index (χ3v) is 5.84. The Bertz CT molecular complexity index is 698. The minimum Gasteiger partial charge on any atom is -0.356 e. The van der Waals surface area contributed by atoms with Crippen molar-refractivity contribution in [2.75, 3.05) is 19.3 Å². The fourth-order valence-electron chi connectivity index (χ4n) is 3.36. The summed E-state index contributed by atoms with van der Waals surface area (Å²) < 4.78 is 2.05. The summed E-state index contributed by atoms with van der Waals surface area (Å²) in [5, 5.41) is 16.3. The number of pyridine rings is 1. The number of aryl methyl sites for hydroxylation is 1. The summed E-state index contributed by atoms with van der Waals surface area (Å²) in [6.07, 6.45) is 7.70. The van der Waals surface area contributed by atoms with Crippen molar-refractivity contribution < 1.29 is 0 Å². The van der Waals surface area contributed by atoms with Crippen LogP contribution in [0.4, 0.5) is 0 Å². The molecular weight excluding hydrogens is 332 g/mol. The lowest BCUT2D eigenvalue weighted by Crippen LogP contribution is -2.43. The molecule has 0 saturated heterocycles. The Labute approximate surface area is 153 Å². The fourth-order valence-corrected chi connectivity index (χ4v) is 4.50. The van der Waals surface area contributed by atoms with Crippen molar-refractivity contribution in [2.45, 2.75) is 50.3 Å². The normalized spacial score (nSPS) is 21.0. The van der Waals surface area contributed by atoms with Crippen LogP contribution in [0.25, 0.3) is 5.65 Å². The van der Waals surface area contributed by atoms with Crippen molar-refractivity contribution in [3.05, 3.63) is 30.2 Å². The van der Waals surface area contributed by atoms with Gasteiger partial charge in [-0.1, -0.05) is 13.0 Å². The van der Waals surface area contributed by atoms with Gasteiger partial charge in [0.25, 0.3) is 0 Å². The van der Waals surface area contributed by atoms with Crippen LogP contribution in [-0.4, -0.2) is 51.2 Å². The van der Waals surface area contributed by atoms with Crippen LogP contribution in [0.5, 0.6) is 0 Å². The van der Waals surface area contributed by atoms with E-state index in [1.165, 1.54) is 25.0 Å². The average molecular weight is 361 g/mol. The van der Waals surface area contributed by atoms with Gasteiger partial charge in [-0.3, -0.25) is 9.39 Å². The van der Waals surface area contributed by atoms with E-state index in [1.54, 1.807) is 0 Å². The van der Waals surface area contributed by atoms with Crippen LogP contribution >= 0.6 is 11.8 Å². The molecule has 2 atom stereocenters. The number of thioether (sulfide) groups is 1. The van der Waals surface area contributed by atoms with E-state index in [9.17, 15) is 0 Å². The van der Waals surface area contributed by atoms with Crippen LogP contribution in [0.15, 0.2) is 29.4 Å². The average Bonchev–Trinajstić information content (AvgIpc) is 3.25. The molecule has 1 aliphatic rings. The van der Waals surface area contributed by atoms with E-state index >= 15 is 0 Å². The first kappa shape index (κ1) is 18.0. The highest BCUT2D eigenvalue weighted by molar-refractivity contribution is 7.99. The van der Waals surface area contributed by atoms with Crippen LogP contribution in [0.2, 0.25) is 0 Å². The third-order valence-electron chi connectivity index (χ3n) is 4.61. The molecule has 0 radical (unpaired) electrons. The molecule has 6 nitrogen and oxygen atoms in total. The summed E-state index contributed by atoms with van der Waals surface area (Å²) in [5.41, 5.74) is 0.906. The molecule has 136 valence electrons. The molecule has 1 saturated carbocycles. The first-order chi connectivity index (χ1) is 12.3. The number of aliphatic imine (C=N–C) groups is 1. The molecule has 1 fully saturated rings. The van der Waals surface area contributed by atoms with Crippen LogP contribution in [0.1, 0.15) is 38.4 Å². The second kappa shape index (κ2) is 9.08. The predicted molar refractivity (Wildman–Crippen MR) is 105 cm³/mol. The van der Waals surface area contributed by atoms with Crippen molar-refractivity contribution in [3.63, 3.8) is 0 Å². The van der Waals surface area contributed by atoms with E-state index in [0.717, 1.165) is 42.1 Å². The molecule has 0 bridgehead atoms. The SMILES string of the molecule is CCSC1CCC(NC(=NC)NCCCc2nnc3ccccn23)C1. The van der Waals surface area contributed by atoms with Crippen molar-refractivity contribution in [2.24, 2.45) is 4.99 Å². The molecule has 25 heavy (non-hydrogen) atoms. The van der Waals surface area contributed by atoms with Gasteiger partial charge in [-0.25, -0.2) is 0 Å². The number of hydrogen-bond acceptors (Lipinski definition) is 4. The van der Waals surface area contributed by atoms with Gasteiger partial charge in [0.1, 0.15) is 5.82 Å². The lowest BCUT2D eigenvalue weighted by Gasteiger charge is -2.17. The highest BCUT2D eigenvalue weighted by Crippen LogP contribution is 2.29. The van der Waals surface area contributed by atoms with Gasteiger partial charge in [-0.2, -0.15) is 11.8 Å². The lowest BCUT2D eigenvalue weighted by molar-refractivity contribution is 0.610. The molecule has 0 aromatic carbocycles. The summed E-state index contributed by atoms with van der Waals surface area (Å²) in [5.74, 6) is 3.13. The monoisotopic (exact) mass is 360 g/mol. The molecule has 0 amide bonds. The van der Waals surface area contributed by atoms with Crippen molar-refractivity contribution in [1.29, 1.82) is 0 Å². The molecule has 7 heteroatoms. The zero-order chi connectivity index (χ0) is 17.5. The maximum atomic E-state index is 4.36. The molecule has 3 rings (SSSR count). The Kier molecular flexibility index (Phi) is 6.55. The van der Waals surface area contributed by atoms with E-state index in [4.69, 9.17) is 0 Å². The zero-order valence-electron chi connectivity index (χ0n) is 15.1. The third kappa shape index (κ3) is 4.87. The fraction of sp³-hybridized carbons (Fsp3) is 0.611. The van der Waals surface area contributed by atoms with Crippen molar-refractivity contribution in [3.8, 4) is 0 Å². The van der Waals surface area contributed by atoms with Crippen molar-refractivity contribution in [1.82, 2.24) is 25.2 Å². The van der Waals surface area contributed by atoms with E-state index in [2.05, 4.69) is 48.9 Å². The maximum Gasteiger partial charge on any atom is 0.191 e. The zero-order valence-corrected chi connectivity index (χ0v) is 15.9. The summed E-state index contributed by atoms with van der Waals surface area (Å²) in [7, 11) is 1.84. The van der Waals surface area contributed by atoms with Gasteiger partial charge in [0.15, 0.2) is 11.6 Å². The van der Waals surface area contributed by atoms with Gasteiger partial charge >= 0.3 is 0 Å². The number of aromatic nitrogens is 3. The number of fused-ring (bicyclic) bond motifs is 1. The van der Waals surface area contributed by atoms with E-state index in [0.29, 0.717) is 6.04 Å². The van der Waals surface area contributed by atoms with Gasteiger partial charge in [0, 0.05) is 37.5 Å². The van der Waals surface area contributed by atoms with Gasteiger partial charge in [0.05, 0.1) is 0 Å². The molecule has 2 aromatic heterocycles. The quantitative estimate of drug-likeness (QED) is 0.451. The number of nitrogens with zero attached hydrogens (tertiary/aromatic N) is 4. The van der Waals surface area contributed by atoms with E-state index in [-0.39, 0.29) is 0 Å². The Balaban J connectivity index is 1.40. The van der Waals surface area contributed by atoms with Gasteiger partial charge < -0.3 is 10.6 Å². The summed E-state index contributed by atoms with van der Waals surface area (Å²) in [6, 6.07) is 6.52. The van der Waals surface area contributed by atoms with Crippen molar-refractivity contribution >= 4 is 23.4 Å². The maximum absolute atomic E-state index is 4.36. The number of guanidine groups is 1. The summed E-state index contributed by atoms with van der Waals surface area (Å²) >= 11 is 2.08. The van der Waals surface area contributed by atoms with Gasteiger partial charge in [0.2, 0.25) is 0 Å². The molecule has 2 N–H and O–H groups in total. The second-order valence-electron chi connectivity index (χ2n) is 6.38. The largest absolute Gasteiger partial charge is 0.356 e. The summed E-state index contributed by atoms with van der Waals surface area (Å²) in [4.78, 5) is 4.36. The number of nitrogens with one attached hydrogen (secondary N) is 2. The highest BCUT2D eigenvalue weighted by Gasteiger charge is 2.24. The predicted octanol–water partition coefficient (Wildman–Crippen LogP) is 2.50. The van der Waals surface area contributed by atoms with Crippen LogP contribution < -0.4 is 10.6 Å². The Hall–Kier alpha value is -1.76. The van der Waals surface area contributed by atoms with E-state index < -0.39 is 0 Å². The summed E-state index contributed by atoms with van der Waals surface area (Å²) in [6.45, 7) is 3.12. The number of rotatable bonds is 7. The van der Waals surface area contributed by atoms with Gasteiger partial charge in [-0.15, -0.1) is 10.2 Å². The standard InChI is InChI=1S/C18H28N6S/c1-3-25-15-10-9-14(13-15)21-18(19-2)20-11-6-8-17-23-22-16-7-4-5-12-24(16)17/h4-5,7,12,14-15H,3,6,8-11,13H2,1-2H3,(H2,19,20,21). The van der Waals surface area contributed by atoms with Crippen LogP contribution in [-0.2, 0) is 6.42 Å². The molecule has 1 aliphatic carbocycles. The molecule has 2 aromatic rings. The molecule has 2 heterocycles. The Morgan fingerprint density at radius 3 is 3.12 bits per heavy atom. The smallest absolute Gasteiger partial charge is 0.191 e. The Morgan fingerprint density at radius 2 is 2.28 bits per heavy atom. The number of hydrogen-bond donors (Lipinski definition) is 2. The molecular formula is C18H28N6S. The molecule has 0 aliphatic heterocycles. The molecule has 0 spiro atoms. The first-order valence-corrected chi connectivity index (χ1v) is 10.2. The lowest BCUT2D eigenvalue weighted by atomic mass is 10.2. The van der Waals surface area contributed by atoms with Crippen LogP contribution in [0, 0.1) is 0 Å². The van der Waals surface area contributed by atoms with E-state index in [1.807, 2.05) is 31.4 Å². The second-order valence-corrected chi connectivity index (χ2v) is 7.96. The van der Waals surface area contributed by atoms with Crippen LogP contribution in [0.3, 0.4) is 0 Å². The van der Waals surface area contributed by atoms with Gasteiger partial charge in [-0.05, 0) is 43.6 Å². The Morgan fingerprint density at radius 1 is 1.36 bits per heavy atom. The molecule has 2 unspecified atom stereocenters. The topological polar surface area (TPSA) is 66.6 Å². The highest BCUT2D eigenvalue weighted by atomic mass is 32.2. The first-order valence-electron chi connectivity index (χ1n) is 9.17. The minimum absolute atomic E-state index is 0.552. The minimum atomic E-state index is 0.552.